The van der Waals surface area contributed by atoms with Crippen LogP contribution in [0.5, 0.6) is 0 Å². The topological polar surface area (TPSA) is 132 Å². The normalized spacial score (nSPS) is 17.5. The van der Waals surface area contributed by atoms with Crippen molar-refractivity contribution in [2.45, 2.75) is 32.1 Å². The molecule has 4 aromatic rings. The first kappa shape index (κ1) is 22.8. The molecule has 1 unspecified atom stereocenters. The van der Waals surface area contributed by atoms with Crippen molar-refractivity contribution in [2.24, 2.45) is 0 Å². The van der Waals surface area contributed by atoms with E-state index in [2.05, 4.69) is 0 Å². The van der Waals surface area contributed by atoms with Crippen molar-refractivity contribution >= 4 is 28.7 Å². The van der Waals surface area contributed by atoms with E-state index < -0.39 is 23.1 Å². The number of hydrogen-bond donors (Lipinski definition) is 2. The number of nitrogens with zero attached hydrogens (tertiary/aromatic N) is 2. The Morgan fingerprint density at radius 2 is 1.86 bits per heavy atom. The highest BCUT2D eigenvalue weighted by atomic mass is 16.6. The number of aliphatic hydroxyl groups is 1. The largest absolute Gasteiger partial charge is 0.458 e. The summed E-state index contributed by atoms with van der Waals surface area (Å²) in [6, 6.07) is 17.1. The fourth-order valence-electron chi connectivity index (χ4n) is 5.06. The van der Waals surface area contributed by atoms with Crippen molar-refractivity contribution < 1.29 is 24.2 Å². The first-order valence-corrected chi connectivity index (χ1v) is 11.8. The Labute approximate surface area is 210 Å². The van der Waals surface area contributed by atoms with Crippen molar-refractivity contribution in [2.75, 3.05) is 0 Å². The van der Waals surface area contributed by atoms with E-state index in [9.17, 15) is 19.5 Å². The lowest BCUT2D eigenvalue weighted by atomic mass is 9.86. The molecular formula is C28H21N3O6. The maximum absolute atomic E-state index is 13.5. The van der Waals surface area contributed by atoms with Gasteiger partial charge in [-0.1, -0.05) is 43.3 Å². The quantitative estimate of drug-likeness (QED) is 0.223. The number of para-hydroxylation sites is 1. The van der Waals surface area contributed by atoms with Crippen LogP contribution in [0.4, 0.5) is 0 Å². The summed E-state index contributed by atoms with van der Waals surface area (Å²) in [5.74, 6) is -1.84. The smallest absolute Gasteiger partial charge is 0.344 e. The highest BCUT2D eigenvalue weighted by Crippen LogP contribution is 2.40. The summed E-state index contributed by atoms with van der Waals surface area (Å²) in [6.45, 7) is 1.48. The Bertz CT molecular complexity index is 1710. The molecule has 2 aromatic carbocycles. The maximum atomic E-state index is 13.5. The number of carbonyl (C=O) groups excluding carboxylic acids is 2. The van der Waals surface area contributed by atoms with Gasteiger partial charge in [0.2, 0.25) is 5.90 Å². The molecule has 9 heteroatoms. The summed E-state index contributed by atoms with van der Waals surface area (Å²) in [5.41, 5.74) is 0.630. The zero-order valence-corrected chi connectivity index (χ0v) is 19.8. The zero-order valence-electron chi connectivity index (χ0n) is 19.8. The molecule has 0 saturated heterocycles. The summed E-state index contributed by atoms with van der Waals surface area (Å²) in [7, 11) is 0. The molecule has 0 saturated carbocycles. The van der Waals surface area contributed by atoms with Gasteiger partial charge in [0.1, 0.15) is 6.61 Å². The highest BCUT2D eigenvalue weighted by molar-refractivity contribution is 6.12. The molecule has 2 aromatic heterocycles. The average Bonchev–Trinajstić information content (AvgIpc) is 3.28. The van der Waals surface area contributed by atoms with Gasteiger partial charge in [-0.15, -0.1) is 0 Å². The lowest BCUT2D eigenvalue weighted by Crippen LogP contribution is -2.44. The molecule has 0 aliphatic carbocycles. The predicted molar refractivity (Wildman–Crippen MR) is 133 cm³/mol. The Hall–Kier alpha value is -4.63. The summed E-state index contributed by atoms with van der Waals surface area (Å²) in [6.07, 6.45) is 0.0328. The minimum atomic E-state index is -1.94. The van der Waals surface area contributed by atoms with Crippen molar-refractivity contribution in [1.29, 1.82) is 5.41 Å². The number of pyridine rings is 2. The average molecular weight is 495 g/mol. The van der Waals surface area contributed by atoms with Crippen molar-refractivity contribution in [3.8, 4) is 11.4 Å². The second-order valence-electron chi connectivity index (χ2n) is 9.02. The number of aromatic nitrogens is 2. The minimum absolute atomic E-state index is 0.0328. The maximum Gasteiger partial charge on any atom is 0.344 e. The van der Waals surface area contributed by atoms with Gasteiger partial charge < -0.3 is 19.1 Å². The summed E-state index contributed by atoms with van der Waals surface area (Å²) >= 11 is 0. The van der Waals surface area contributed by atoms with Crippen LogP contribution in [-0.2, 0) is 33.0 Å². The van der Waals surface area contributed by atoms with Gasteiger partial charge in [0, 0.05) is 16.5 Å². The lowest BCUT2D eigenvalue weighted by Gasteiger charge is -2.31. The molecule has 2 N–H and O–H groups in total. The van der Waals surface area contributed by atoms with Crippen LogP contribution in [0, 0.1) is 5.41 Å². The minimum Gasteiger partial charge on any atom is -0.458 e. The molecule has 37 heavy (non-hydrogen) atoms. The van der Waals surface area contributed by atoms with Gasteiger partial charge >= 0.3 is 11.9 Å². The monoisotopic (exact) mass is 495 g/mol. The SMILES string of the molecule is CCC1(O)C(=O)OCc2c1cc1n(c2=O)Cc2c-1nc1ccccc1c2C(=N)OC(=O)c1ccccc1. The molecule has 4 heterocycles. The molecule has 2 aliphatic rings. The molecule has 0 bridgehead atoms. The third-order valence-electron chi connectivity index (χ3n) is 7.03. The number of esters is 2. The summed E-state index contributed by atoms with van der Waals surface area (Å²) in [4.78, 5) is 43.5. The van der Waals surface area contributed by atoms with Gasteiger partial charge in [-0.2, -0.15) is 0 Å². The molecule has 9 nitrogen and oxygen atoms in total. The fourth-order valence-corrected chi connectivity index (χ4v) is 5.06. The van der Waals surface area contributed by atoms with Crippen LogP contribution < -0.4 is 5.56 Å². The second kappa shape index (κ2) is 8.21. The van der Waals surface area contributed by atoms with Crippen LogP contribution in [0.1, 0.15) is 46.0 Å². The van der Waals surface area contributed by atoms with Crippen LogP contribution >= 0.6 is 0 Å². The Morgan fingerprint density at radius 3 is 2.62 bits per heavy atom. The summed E-state index contributed by atoms with van der Waals surface area (Å²) < 4.78 is 12.1. The fraction of sp³-hybridized carbons (Fsp3) is 0.179. The molecule has 0 fully saturated rings. The number of nitrogens with one attached hydrogen (secondary N) is 1. The first-order chi connectivity index (χ1) is 17.8. The number of carbonyl (C=O) groups is 2. The molecule has 184 valence electrons. The van der Waals surface area contributed by atoms with Gasteiger partial charge in [-0.3, -0.25) is 10.2 Å². The Balaban J connectivity index is 1.54. The van der Waals surface area contributed by atoms with Crippen molar-refractivity contribution in [3.63, 3.8) is 0 Å². The van der Waals surface area contributed by atoms with Crippen LogP contribution in [0.3, 0.4) is 0 Å². The number of hydrogen-bond acceptors (Lipinski definition) is 8. The number of rotatable bonds is 3. The molecular weight excluding hydrogens is 474 g/mol. The molecule has 0 radical (unpaired) electrons. The highest BCUT2D eigenvalue weighted by Gasteiger charge is 2.45. The van der Waals surface area contributed by atoms with E-state index in [-0.39, 0.29) is 36.6 Å². The van der Waals surface area contributed by atoms with Gasteiger partial charge in [-0.05, 0) is 30.7 Å². The number of ether oxygens (including phenoxy) is 2. The van der Waals surface area contributed by atoms with E-state index in [4.69, 9.17) is 19.9 Å². The lowest BCUT2D eigenvalue weighted by molar-refractivity contribution is -0.172. The van der Waals surface area contributed by atoms with Crippen LogP contribution in [-0.4, -0.2) is 32.5 Å². The van der Waals surface area contributed by atoms with Gasteiger partial charge in [-0.25, -0.2) is 14.6 Å². The third-order valence-corrected chi connectivity index (χ3v) is 7.03. The van der Waals surface area contributed by atoms with Crippen LogP contribution in [0.15, 0.2) is 65.5 Å². The second-order valence-corrected chi connectivity index (χ2v) is 9.02. The van der Waals surface area contributed by atoms with Crippen molar-refractivity contribution in [3.05, 3.63) is 98.8 Å². The van der Waals surface area contributed by atoms with Gasteiger partial charge in [0.15, 0.2) is 5.60 Å². The van der Waals surface area contributed by atoms with E-state index in [1.54, 1.807) is 67.6 Å². The van der Waals surface area contributed by atoms with E-state index in [0.29, 0.717) is 39.0 Å². The third kappa shape index (κ3) is 3.31. The molecule has 6 rings (SSSR count). The predicted octanol–water partition coefficient (Wildman–Crippen LogP) is 3.26. The van der Waals surface area contributed by atoms with Gasteiger partial charge in [0.05, 0.1) is 40.1 Å². The van der Waals surface area contributed by atoms with Gasteiger partial charge in [0.25, 0.3) is 5.56 Å². The molecule has 1 atom stereocenters. The molecule has 2 aliphatic heterocycles. The van der Waals surface area contributed by atoms with E-state index in [1.807, 2.05) is 0 Å². The van der Waals surface area contributed by atoms with E-state index >= 15 is 0 Å². The zero-order chi connectivity index (χ0) is 25.9. The standard InChI is InChI=1S/C28H21N3O6/c1-2-28(35)19-12-21-23-17(13-31(21)25(32)18(19)14-36-27(28)34)22(16-10-6-7-11-20(16)30-23)24(29)37-26(33)15-8-4-3-5-9-15/h3-12,29,35H,2,13-14H2,1H3. The molecule has 0 spiro atoms. The number of benzene rings is 2. The van der Waals surface area contributed by atoms with Crippen LogP contribution in [0.2, 0.25) is 0 Å². The van der Waals surface area contributed by atoms with Crippen molar-refractivity contribution in [1.82, 2.24) is 9.55 Å². The van der Waals surface area contributed by atoms with E-state index in [0.717, 1.165) is 0 Å². The molecule has 0 amide bonds. The number of fused-ring (bicyclic) bond motifs is 5. The first-order valence-electron chi connectivity index (χ1n) is 11.8. The number of cyclic esters (lactones) is 1. The van der Waals surface area contributed by atoms with E-state index in [1.165, 1.54) is 4.57 Å². The van der Waals surface area contributed by atoms with Crippen LogP contribution in [0.25, 0.3) is 22.3 Å². The summed E-state index contributed by atoms with van der Waals surface area (Å²) in [5, 5.41) is 20.4. The Morgan fingerprint density at radius 1 is 1.14 bits per heavy atom. The Kier molecular flexibility index (Phi) is 5.06.